The van der Waals surface area contributed by atoms with Gasteiger partial charge in [-0.15, -0.1) is 24.2 Å². The van der Waals surface area contributed by atoms with Crippen LogP contribution in [0.25, 0.3) is 0 Å². The molecule has 0 aromatic carbocycles. The lowest BCUT2D eigenvalue weighted by atomic mass is 9.98. The van der Waals surface area contributed by atoms with E-state index in [1.165, 1.54) is 0 Å². The summed E-state index contributed by atoms with van der Waals surface area (Å²) in [6.07, 6.45) is 0.866. The summed E-state index contributed by atoms with van der Waals surface area (Å²) in [7, 11) is 0. The summed E-state index contributed by atoms with van der Waals surface area (Å²) in [5.41, 5.74) is 0. The minimum atomic E-state index is -0.748. The normalized spacial score (nSPS) is 32.7. The number of hydrogen-bond donors (Lipinski definition) is 2. The minimum absolute atomic E-state index is 0. The monoisotopic (exact) mass is 257 g/mol. The lowest BCUT2D eigenvalue weighted by Crippen LogP contribution is -2.47. The van der Waals surface area contributed by atoms with Crippen LogP contribution in [0.5, 0.6) is 0 Å². The Kier molecular flexibility index (Phi) is 6.26. The molecule has 1 aliphatic heterocycles. The third-order valence-electron chi connectivity index (χ3n) is 2.54. The van der Waals surface area contributed by atoms with E-state index in [2.05, 4.69) is 5.32 Å². The molecule has 4 nitrogen and oxygen atoms in total. The molecule has 0 aromatic rings. The molecule has 0 aliphatic carbocycles. The van der Waals surface area contributed by atoms with Crippen molar-refractivity contribution in [2.75, 3.05) is 0 Å². The van der Waals surface area contributed by atoms with Crippen LogP contribution in [0.1, 0.15) is 34.1 Å². The molecule has 1 fully saturated rings. The van der Waals surface area contributed by atoms with Gasteiger partial charge < -0.3 is 10.6 Å². The Bertz CT molecular complexity index is 237. The van der Waals surface area contributed by atoms with Crippen LogP contribution in [0.4, 0.5) is 0 Å². The standard InChI is InChI=1S/C9H17NO2S.ClH.H2O/c1-5-9(4)6(7(11)12)10-8(2,3)13-9;;/h6,10H,5H2,1-4H3,(H,11,12);1H;1H2. The van der Waals surface area contributed by atoms with Gasteiger partial charge in [0.05, 0.1) is 4.87 Å². The van der Waals surface area contributed by atoms with E-state index in [-0.39, 0.29) is 27.5 Å². The van der Waals surface area contributed by atoms with E-state index in [9.17, 15) is 4.79 Å². The number of carboxylic acid groups (broad SMARTS) is 1. The van der Waals surface area contributed by atoms with E-state index < -0.39 is 12.0 Å². The Labute approximate surface area is 101 Å². The van der Waals surface area contributed by atoms with Gasteiger partial charge >= 0.3 is 5.97 Å². The molecular weight excluding hydrogens is 238 g/mol. The molecule has 0 amide bonds. The molecular formula is C9H20ClNO3S. The summed E-state index contributed by atoms with van der Waals surface area (Å²) in [6, 6.07) is -0.433. The van der Waals surface area contributed by atoms with E-state index in [4.69, 9.17) is 5.11 Å². The van der Waals surface area contributed by atoms with Gasteiger partial charge in [-0.3, -0.25) is 10.1 Å². The Balaban J connectivity index is 0. The van der Waals surface area contributed by atoms with Crippen LogP contribution in [-0.2, 0) is 4.79 Å². The SMILES string of the molecule is CCC1(C)SC(C)(C)NC1C(=O)O.Cl.O. The largest absolute Gasteiger partial charge is 0.480 e. The molecule has 92 valence electrons. The quantitative estimate of drug-likeness (QED) is 0.781. The number of halogens is 1. The maximum absolute atomic E-state index is 11.0. The highest BCUT2D eigenvalue weighted by atomic mass is 35.5. The zero-order valence-electron chi connectivity index (χ0n) is 9.46. The summed E-state index contributed by atoms with van der Waals surface area (Å²) < 4.78 is -0.185. The first-order chi connectivity index (χ1) is 5.81. The lowest BCUT2D eigenvalue weighted by molar-refractivity contribution is -0.140. The first-order valence-electron chi connectivity index (χ1n) is 4.51. The lowest BCUT2D eigenvalue weighted by Gasteiger charge is -2.25. The molecule has 0 saturated carbocycles. The van der Waals surface area contributed by atoms with Crippen molar-refractivity contribution >= 4 is 30.1 Å². The van der Waals surface area contributed by atoms with E-state index in [1.807, 2.05) is 27.7 Å². The highest BCUT2D eigenvalue weighted by Gasteiger charge is 2.50. The van der Waals surface area contributed by atoms with Gasteiger partial charge in [0.1, 0.15) is 6.04 Å². The summed E-state index contributed by atoms with van der Waals surface area (Å²) in [5.74, 6) is -0.748. The molecule has 1 saturated heterocycles. The molecule has 2 atom stereocenters. The fourth-order valence-corrected chi connectivity index (χ4v) is 3.54. The molecule has 1 rings (SSSR count). The van der Waals surface area contributed by atoms with Crippen LogP contribution < -0.4 is 5.32 Å². The Hall–Kier alpha value is 0.0300. The maximum atomic E-state index is 11.0. The van der Waals surface area contributed by atoms with Crippen LogP contribution in [0, 0.1) is 0 Å². The van der Waals surface area contributed by atoms with Crippen molar-refractivity contribution in [3.63, 3.8) is 0 Å². The molecule has 6 heteroatoms. The number of rotatable bonds is 2. The van der Waals surface area contributed by atoms with Gasteiger partial charge in [-0.05, 0) is 27.2 Å². The Morgan fingerprint density at radius 2 is 1.93 bits per heavy atom. The van der Waals surface area contributed by atoms with Crippen molar-refractivity contribution in [2.24, 2.45) is 0 Å². The van der Waals surface area contributed by atoms with Crippen LogP contribution in [0.15, 0.2) is 0 Å². The predicted octanol–water partition coefficient (Wildman–Crippen LogP) is 1.28. The molecule has 0 aromatic heterocycles. The third-order valence-corrected chi connectivity index (χ3v) is 4.16. The number of aliphatic carboxylic acids is 1. The molecule has 0 bridgehead atoms. The van der Waals surface area contributed by atoms with Gasteiger partial charge in [0.2, 0.25) is 0 Å². The summed E-state index contributed by atoms with van der Waals surface area (Å²) in [4.78, 5) is 10.9. The van der Waals surface area contributed by atoms with Crippen LogP contribution in [0.2, 0.25) is 0 Å². The van der Waals surface area contributed by atoms with E-state index in [1.54, 1.807) is 11.8 Å². The fourth-order valence-electron chi connectivity index (χ4n) is 1.77. The van der Waals surface area contributed by atoms with Gasteiger partial charge in [-0.25, -0.2) is 0 Å². The average molecular weight is 258 g/mol. The van der Waals surface area contributed by atoms with Crippen LogP contribution >= 0.6 is 24.2 Å². The second kappa shape index (κ2) is 5.39. The Morgan fingerprint density at radius 3 is 2.20 bits per heavy atom. The van der Waals surface area contributed by atoms with Crippen LogP contribution in [-0.4, -0.2) is 32.2 Å². The van der Waals surface area contributed by atoms with E-state index >= 15 is 0 Å². The zero-order chi connectivity index (χ0) is 10.3. The first kappa shape index (κ1) is 17.4. The number of nitrogens with one attached hydrogen (secondary N) is 1. The summed E-state index contributed by atoms with van der Waals surface area (Å²) >= 11 is 1.71. The van der Waals surface area contributed by atoms with Gasteiger partial charge in [0, 0.05) is 4.75 Å². The van der Waals surface area contributed by atoms with E-state index in [0.29, 0.717) is 0 Å². The molecule has 0 radical (unpaired) electrons. The second-order valence-electron chi connectivity index (χ2n) is 4.19. The smallest absolute Gasteiger partial charge is 0.322 e. The third kappa shape index (κ3) is 3.52. The fraction of sp³-hybridized carbons (Fsp3) is 0.889. The summed E-state index contributed by atoms with van der Waals surface area (Å²) in [5, 5.41) is 12.2. The van der Waals surface area contributed by atoms with Crippen molar-refractivity contribution in [1.29, 1.82) is 0 Å². The van der Waals surface area contributed by atoms with Crippen molar-refractivity contribution < 1.29 is 15.4 Å². The predicted molar refractivity (Wildman–Crippen MR) is 65.8 cm³/mol. The van der Waals surface area contributed by atoms with Crippen LogP contribution in [0.3, 0.4) is 0 Å². The summed E-state index contributed by atoms with van der Waals surface area (Å²) in [6.45, 7) is 8.09. The van der Waals surface area contributed by atoms with Crippen molar-refractivity contribution in [3.8, 4) is 0 Å². The Morgan fingerprint density at radius 1 is 1.47 bits per heavy atom. The van der Waals surface area contributed by atoms with Crippen molar-refractivity contribution in [1.82, 2.24) is 5.32 Å². The topological polar surface area (TPSA) is 80.8 Å². The number of thioether (sulfide) groups is 1. The second-order valence-corrected chi connectivity index (χ2v) is 6.35. The van der Waals surface area contributed by atoms with Gasteiger partial charge in [0.15, 0.2) is 0 Å². The van der Waals surface area contributed by atoms with Gasteiger partial charge in [-0.1, -0.05) is 6.92 Å². The number of carbonyl (C=O) groups is 1. The first-order valence-corrected chi connectivity index (χ1v) is 5.33. The van der Waals surface area contributed by atoms with Crippen molar-refractivity contribution in [3.05, 3.63) is 0 Å². The highest BCUT2D eigenvalue weighted by Crippen LogP contribution is 2.46. The van der Waals surface area contributed by atoms with Gasteiger partial charge in [0.25, 0.3) is 0 Å². The zero-order valence-corrected chi connectivity index (χ0v) is 11.1. The number of carboxylic acids is 1. The number of hydrogen-bond acceptors (Lipinski definition) is 3. The molecule has 2 unspecified atom stereocenters. The molecule has 15 heavy (non-hydrogen) atoms. The average Bonchev–Trinajstić information content (AvgIpc) is 2.22. The maximum Gasteiger partial charge on any atom is 0.322 e. The highest BCUT2D eigenvalue weighted by molar-refractivity contribution is 8.02. The molecule has 1 heterocycles. The molecule has 1 aliphatic rings. The van der Waals surface area contributed by atoms with E-state index in [0.717, 1.165) is 6.42 Å². The molecule has 0 spiro atoms. The molecule has 4 N–H and O–H groups in total. The van der Waals surface area contributed by atoms with Crippen molar-refractivity contribution in [2.45, 2.75) is 49.8 Å². The minimum Gasteiger partial charge on any atom is -0.480 e. The van der Waals surface area contributed by atoms with Gasteiger partial charge in [-0.2, -0.15) is 0 Å².